The molecule has 1 aliphatic rings. The third-order valence-corrected chi connectivity index (χ3v) is 3.15. The van der Waals surface area contributed by atoms with Gasteiger partial charge in [-0.25, -0.2) is 8.78 Å². The number of benzene rings is 1. The fraction of sp³-hybridized carbons (Fsp3) is 0.500. The smallest absolute Gasteiger partial charge is 0.239 e. The van der Waals surface area contributed by atoms with Crippen molar-refractivity contribution in [3.05, 3.63) is 29.8 Å². The number of hydrogen-bond donors (Lipinski definition) is 2. The fourth-order valence-corrected chi connectivity index (χ4v) is 2.06. The third kappa shape index (κ3) is 4.37. The highest BCUT2D eigenvalue weighted by Crippen LogP contribution is 2.17. The molecular formula is C14H18F2N2O3. The molecule has 2 N–H and O–H groups in total. The summed E-state index contributed by atoms with van der Waals surface area (Å²) in [5.74, 6) is -1.66. The second kappa shape index (κ2) is 7.33. The molecule has 0 aliphatic carbocycles. The van der Waals surface area contributed by atoms with Crippen molar-refractivity contribution in [1.29, 1.82) is 0 Å². The highest BCUT2D eigenvalue weighted by Gasteiger charge is 2.27. The molecule has 0 aromatic heterocycles. The van der Waals surface area contributed by atoms with Crippen LogP contribution in [0.15, 0.2) is 18.2 Å². The number of amides is 1. The normalized spacial score (nSPS) is 21.9. The first kappa shape index (κ1) is 15.7. The molecule has 1 aromatic rings. The Morgan fingerprint density at radius 2 is 2.33 bits per heavy atom. The van der Waals surface area contributed by atoms with Gasteiger partial charge in [0.25, 0.3) is 0 Å². The standard InChI is InChI=1S/C14H18F2N2O3/c1-9-13(17-4-6-20-9)14(19)18-5-7-21-12-3-2-10(15)8-11(12)16/h2-3,8-9,13,17H,4-7H2,1H3,(H,18,19)/t9-,13+/m1/s1. The van der Waals surface area contributed by atoms with Crippen molar-refractivity contribution >= 4 is 5.91 Å². The lowest BCUT2D eigenvalue weighted by atomic mass is 10.1. The van der Waals surface area contributed by atoms with Crippen LogP contribution in [-0.4, -0.2) is 44.4 Å². The molecule has 1 saturated heterocycles. The minimum Gasteiger partial charge on any atom is -0.489 e. The highest BCUT2D eigenvalue weighted by atomic mass is 19.1. The van der Waals surface area contributed by atoms with Gasteiger partial charge in [-0.15, -0.1) is 0 Å². The predicted molar refractivity (Wildman–Crippen MR) is 72.1 cm³/mol. The van der Waals surface area contributed by atoms with Crippen LogP contribution in [0.1, 0.15) is 6.92 Å². The summed E-state index contributed by atoms with van der Waals surface area (Å²) in [5, 5.41) is 5.74. The van der Waals surface area contributed by atoms with E-state index in [-0.39, 0.29) is 30.9 Å². The molecule has 1 aromatic carbocycles. The molecule has 0 spiro atoms. The monoisotopic (exact) mass is 300 g/mol. The van der Waals surface area contributed by atoms with Crippen LogP contribution in [0, 0.1) is 11.6 Å². The summed E-state index contributed by atoms with van der Waals surface area (Å²) in [6.45, 7) is 3.34. The van der Waals surface area contributed by atoms with E-state index >= 15 is 0 Å². The second-order valence-corrected chi connectivity index (χ2v) is 4.72. The van der Waals surface area contributed by atoms with Crippen LogP contribution < -0.4 is 15.4 Å². The Balaban J connectivity index is 1.73. The summed E-state index contributed by atoms with van der Waals surface area (Å²) >= 11 is 0. The van der Waals surface area contributed by atoms with Crippen molar-refractivity contribution in [3.8, 4) is 5.75 Å². The SMILES string of the molecule is C[C@H]1OCCN[C@@H]1C(=O)NCCOc1ccc(F)cc1F. The van der Waals surface area contributed by atoms with E-state index in [0.717, 1.165) is 12.1 Å². The molecule has 0 unspecified atom stereocenters. The van der Waals surface area contributed by atoms with Gasteiger partial charge in [0.15, 0.2) is 11.6 Å². The zero-order valence-corrected chi connectivity index (χ0v) is 11.7. The zero-order chi connectivity index (χ0) is 15.2. The zero-order valence-electron chi connectivity index (χ0n) is 11.7. The van der Waals surface area contributed by atoms with Gasteiger partial charge in [0.1, 0.15) is 18.5 Å². The molecule has 0 radical (unpaired) electrons. The molecule has 2 rings (SSSR count). The molecule has 1 fully saturated rings. The number of nitrogens with one attached hydrogen (secondary N) is 2. The largest absolute Gasteiger partial charge is 0.489 e. The Hall–Kier alpha value is -1.73. The van der Waals surface area contributed by atoms with Crippen molar-refractivity contribution in [2.24, 2.45) is 0 Å². The molecule has 21 heavy (non-hydrogen) atoms. The molecule has 5 nitrogen and oxygen atoms in total. The number of carbonyl (C=O) groups excluding carboxylic acids is 1. The lowest BCUT2D eigenvalue weighted by Gasteiger charge is -2.29. The Morgan fingerprint density at radius 1 is 1.52 bits per heavy atom. The predicted octanol–water partition coefficient (Wildman–Crippen LogP) is 0.837. The van der Waals surface area contributed by atoms with E-state index < -0.39 is 17.7 Å². The number of rotatable bonds is 5. The molecule has 0 bridgehead atoms. The van der Waals surface area contributed by atoms with Crippen LogP contribution >= 0.6 is 0 Å². The Bertz CT molecular complexity index is 499. The Labute approximate surface area is 121 Å². The van der Waals surface area contributed by atoms with Gasteiger partial charge in [0.2, 0.25) is 5.91 Å². The van der Waals surface area contributed by atoms with Crippen molar-refractivity contribution < 1.29 is 23.0 Å². The first-order valence-electron chi connectivity index (χ1n) is 6.78. The number of morpholine rings is 1. The first-order chi connectivity index (χ1) is 10.1. The first-order valence-corrected chi connectivity index (χ1v) is 6.78. The Morgan fingerprint density at radius 3 is 3.05 bits per heavy atom. The van der Waals surface area contributed by atoms with Crippen LogP contribution in [-0.2, 0) is 9.53 Å². The topological polar surface area (TPSA) is 59.6 Å². The van der Waals surface area contributed by atoms with Crippen LogP contribution in [0.3, 0.4) is 0 Å². The average molecular weight is 300 g/mol. The van der Waals surface area contributed by atoms with Crippen LogP contribution in [0.25, 0.3) is 0 Å². The number of hydrogen-bond acceptors (Lipinski definition) is 4. The second-order valence-electron chi connectivity index (χ2n) is 4.72. The van der Waals surface area contributed by atoms with Gasteiger partial charge in [0, 0.05) is 12.6 Å². The van der Waals surface area contributed by atoms with E-state index in [2.05, 4.69) is 10.6 Å². The maximum absolute atomic E-state index is 13.3. The van der Waals surface area contributed by atoms with Crippen molar-refractivity contribution in [3.63, 3.8) is 0 Å². The van der Waals surface area contributed by atoms with Crippen LogP contribution in [0.2, 0.25) is 0 Å². The summed E-state index contributed by atoms with van der Waals surface area (Å²) in [6, 6.07) is 2.67. The Kier molecular flexibility index (Phi) is 5.46. The van der Waals surface area contributed by atoms with E-state index in [1.54, 1.807) is 0 Å². The number of ether oxygens (including phenoxy) is 2. The third-order valence-electron chi connectivity index (χ3n) is 3.15. The number of carbonyl (C=O) groups is 1. The quantitative estimate of drug-likeness (QED) is 0.791. The van der Waals surface area contributed by atoms with Gasteiger partial charge in [-0.3, -0.25) is 4.79 Å². The summed E-state index contributed by atoms with van der Waals surface area (Å²) < 4.78 is 36.5. The van der Waals surface area contributed by atoms with E-state index in [9.17, 15) is 13.6 Å². The van der Waals surface area contributed by atoms with E-state index in [1.165, 1.54) is 6.07 Å². The molecule has 0 saturated carbocycles. The molecule has 7 heteroatoms. The van der Waals surface area contributed by atoms with E-state index in [1.807, 2.05) is 6.92 Å². The molecule has 116 valence electrons. The summed E-state index contributed by atoms with van der Waals surface area (Å²) in [6.07, 6.45) is -0.200. The maximum Gasteiger partial charge on any atom is 0.239 e. The highest BCUT2D eigenvalue weighted by molar-refractivity contribution is 5.82. The molecular weight excluding hydrogens is 282 g/mol. The van der Waals surface area contributed by atoms with E-state index in [0.29, 0.717) is 13.2 Å². The van der Waals surface area contributed by atoms with Gasteiger partial charge >= 0.3 is 0 Å². The average Bonchev–Trinajstić information content (AvgIpc) is 2.45. The van der Waals surface area contributed by atoms with Crippen molar-refractivity contribution in [1.82, 2.24) is 10.6 Å². The van der Waals surface area contributed by atoms with E-state index in [4.69, 9.17) is 9.47 Å². The summed E-state index contributed by atoms with van der Waals surface area (Å²) in [7, 11) is 0. The number of halogens is 2. The minimum atomic E-state index is -0.766. The maximum atomic E-state index is 13.3. The van der Waals surface area contributed by atoms with Crippen molar-refractivity contribution in [2.45, 2.75) is 19.1 Å². The van der Waals surface area contributed by atoms with Gasteiger partial charge in [0.05, 0.1) is 19.3 Å². The van der Waals surface area contributed by atoms with Gasteiger partial charge in [-0.2, -0.15) is 0 Å². The van der Waals surface area contributed by atoms with Gasteiger partial charge < -0.3 is 20.1 Å². The molecule has 1 heterocycles. The van der Waals surface area contributed by atoms with Gasteiger partial charge in [-0.05, 0) is 19.1 Å². The molecule has 1 aliphatic heterocycles. The van der Waals surface area contributed by atoms with Crippen LogP contribution in [0.4, 0.5) is 8.78 Å². The molecule has 1 amide bonds. The molecule has 2 atom stereocenters. The van der Waals surface area contributed by atoms with Gasteiger partial charge in [-0.1, -0.05) is 0 Å². The van der Waals surface area contributed by atoms with Crippen molar-refractivity contribution in [2.75, 3.05) is 26.3 Å². The summed E-state index contributed by atoms with van der Waals surface area (Å²) in [5.41, 5.74) is 0. The van der Waals surface area contributed by atoms with Crippen LogP contribution in [0.5, 0.6) is 5.75 Å². The lowest BCUT2D eigenvalue weighted by Crippen LogP contribution is -2.55. The minimum absolute atomic E-state index is 0.0434. The fourth-order valence-electron chi connectivity index (χ4n) is 2.06. The lowest BCUT2D eigenvalue weighted by molar-refractivity contribution is -0.129. The summed E-state index contributed by atoms with van der Waals surface area (Å²) in [4.78, 5) is 11.9.